The van der Waals surface area contributed by atoms with Gasteiger partial charge in [0.15, 0.2) is 17.3 Å². The van der Waals surface area contributed by atoms with Gasteiger partial charge in [0, 0.05) is 24.4 Å². The number of hydrogen-bond donors (Lipinski definition) is 3. The Morgan fingerprint density at radius 3 is 1.64 bits per heavy atom. The minimum atomic E-state index is -0.859. The monoisotopic (exact) mass is 589 g/mol. The normalized spacial score (nSPS) is 12.1. The Labute approximate surface area is 257 Å². The summed E-state index contributed by atoms with van der Waals surface area (Å²) in [4.78, 5) is 12.7. The Morgan fingerprint density at radius 1 is 0.714 bits per heavy atom. The maximum Gasteiger partial charge on any atom is 0.187 e. The fourth-order valence-electron chi connectivity index (χ4n) is 4.94. The van der Waals surface area contributed by atoms with Gasteiger partial charge in [0.2, 0.25) is 0 Å². The second-order valence-corrected chi connectivity index (χ2v) is 11.7. The quantitative estimate of drug-likeness (QED) is 0.0472. The van der Waals surface area contributed by atoms with E-state index in [1.807, 2.05) is 6.07 Å². The topological polar surface area (TPSA) is 88.0 Å². The first kappa shape index (κ1) is 38.0. The van der Waals surface area contributed by atoms with Gasteiger partial charge in [0.1, 0.15) is 0 Å². The summed E-state index contributed by atoms with van der Waals surface area (Å²) in [5.74, 6) is 1.16. The summed E-state index contributed by atoms with van der Waals surface area (Å²) in [5, 5.41) is 21.2. The van der Waals surface area contributed by atoms with Gasteiger partial charge in [-0.05, 0) is 31.0 Å². The molecule has 0 spiro atoms. The van der Waals surface area contributed by atoms with Crippen LogP contribution in [0.3, 0.4) is 0 Å². The van der Waals surface area contributed by atoms with Crippen LogP contribution in [0.5, 0.6) is 11.5 Å². The molecule has 3 N–H and O–H groups in total. The van der Waals surface area contributed by atoms with E-state index in [1.165, 1.54) is 121 Å². The van der Waals surface area contributed by atoms with Crippen LogP contribution in [0.1, 0.15) is 153 Å². The number of ether oxygens (including phenoxy) is 2. The number of benzene rings is 1. The average molecular weight is 590 g/mol. The Bertz CT molecular complexity index is 797. The summed E-state index contributed by atoms with van der Waals surface area (Å²) in [7, 11) is 0. The van der Waals surface area contributed by atoms with Crippen molar-refractivity contribution >= 4 is 5.78 Å². The molecule has 0 radical (unpaired) electrons. The molecule has 1 rings (SSSR count). The van der Waals surface area contributed by atoms with Crippen molar-refractivity contribution in [3.8, 4) is 11.5 Å². The molecule has 6 heteroatoms. The van der Waals surface area contributed by atoms with Crippen molar-refractivity contribution in [2.75, 3.05) is 26.4 Å². The third-order valence-corrected chi connectivity index (χ3v) is 7.66. The molecule has 0 aromatic heterocycles. The Kier molecular flexibility index (Phi) is 25.1. The number of nitrogens with one attached hydrogen (secondary N) is 1. The number of hydrogen-bond acceptors (Lipinski definition) is 6. The molecule has 0 saturated carbocycles. The highest BCUT2D eigenvalue weighted by atomic mass is 16.5. The first-order valence-electron chi connectivity index (χ1n) is 17.2. The molecule has 0 bridgehead atoms. The van der Waals surface area contributed by atoms with E-state index in [2.05, 4.69) is 19.2 Å². The van der Waals surface area contributed by atoms with Crippen LogP contribution in [0.4, 0.5) is 0 Å². The second kappa shape index (κ2) is 27.8. The van der Waals surface area contributed by atoms with Gasteiger partial charge in [-0.1, -0.05) is 129 Å². The number of rotatable bonds is 30. The number of carbonyl (C=O) groups is 1. The van der Waals surface area contributed by atoms with Gasteiger partial charge in [-0.2, -0.15) is 0 Å². The molecule has 1 aromatic carbocycles. The summed E-state index contributed by atoms with van der Waals surface area (Å²) in [6, 6.07) is 5.39. The fourth-order valence-corrected chi connectivity index (χ4v) is 4.94. The summed E-state index contributed by atoms with van der Waals surface area (Å²) in [5.41, 5.74) is 0.528. The van der Waals surface area contributed by atoms with Crippen molar-refractivity contribution < 1.29 is 24.5 Å². The molecule has 1 aromatic rings. The summed E-state index contributed by atoms with van der Waals surface area (Å²) < 4.78 is 12.3. The molecule has 0 amide bonds. The molecule has 42 heavy (non-hydrogen) atoms. The van der Waals surface area contributed by atoms with Crippen LogP contribution in [0.15, 0.2) is 30.5 Å². The molecule has 0 saturated heterocycles. The molecular weight excluding hydrogens is 526 g/mol. The zero-order valence-electron chi connectivity index (χ0n) is 27.1. The third kappa shape index (κ3) is 20.8. The Morgan fingerprint density at radius 2 is 1.17 bits per heavy atom. The van der Waals surface area contributed by atoms with Gasteiger partial charge in [0.25, 0.3) is 0 Å². The number of aliphatic hydroxyl groups excluding tert-OH is 2. The number of unbranched alkanes of at least 4 members (excludes halogenated alkanes) is 18. The predicted molar refractivity (Wildman–Crippen MR) is 176 cm³/mol. The van der Waals surface area contributed by atoms with E-state index in [4.69, 9.17) is 14.6 Å². The van der Waals surface area contributed by atoms with E-state index in [1.54, 1.807) is 12.1 Å². The van der Waals surface area contributed by atoms with Crippen LogP contribution in [-0.4, -0.2) is 48.5 Å². The van der Waals surface area contributed by atoms with Crippen LogP contribution in [0.2, 0.25) is 0 Å². The fraction of sp³-hybridized carbons (Fsp3) is 0.750. The van der Waals surface area contributed by atoms with E-state index in [0.717, 1.165) is 19.3 Å². The number of allylic oxidation sites excluding steroid dienone is 1. The SMILES string of the molecule is CCCCCCCCCCCCOc1ccc(C(=O)/C=C/NCC(O)CO)cc1OCCCCCCCCCCCC. The van der Waals surface area contributed by atoms with Gasteiger partial charge >= 0.3 is 0 Å². The van der Waals surface area contributed by atoms with Crippen molar-refractivity contribution in [2.45, 2.75) is 148 Å². The molecule has 0 fully saturated rings. The number of aliphatic hydroxyl groups is 2. The first-order valence-corrected chi connectivity index (χ1v) is 17.2. The van der Waals surface area contributed by atoms with Crippen LogP contribution < -0.4 is 14.8 Å². The predicted octanol–water partition coefficient (Wildman–Crippen LogP) is 8.93. The molecule has 0 aliphatic heterocycles. The van der Waals surface area contributed by atoms with E-state index in [9.17, 15) is 9.90 Å². The van der Waals surface area contributed by atoms with Gasteiger partial charge < -0.3 is 25.0 Å². The van der Waals surface area contributed by atoms with Gasteiger partial charge in [-0.3, -0.25) is 4.79 Å². The lowest BCUT2D eigenvalue weighted by atomic mass is 10.1. The van der Waals surface area contributed by atoms with Crippen molar-refractivity contribution in [3.63, 3.8) is 0 Å². The lowest BCUT2D eigenvalue weighted by Gasteiger charge is -2.14. The number of ketones is 1. The summed E-state index contributed by atoms with van der Waals surface area (Å²) >= 11 is 0. The highest BCUT2D eigenvalue weighted by Crippen LogP contribution is 2.29. The molecular formula is C36H63NO5. The van der Waals surface area contributed by atoms with Gasteiger partial charge in [-0.25, -0.2) is 0 Å². The molecule has 0 heterocycles. The minimum absolute atomic E-state index is 0.161. The smallest absolute Gasteiger partial charge is 0.187 e. The average Bonchev–Trinajstić information content (AvgIpc) is 3.00. The molecule has 0 aliphatic rings. The van der Waals surface area contributed by atoms with Crippen LogP contribution in [0, 0.1) is 0 Å². The first-order chi connectivity index (χ1) is 20.6. The van der Waals surface area contributed by atoms with Gasteiger partial charge in [-0.15, -0.1) is 0 Å². The lowest BCUT2D eigenvalue weighted by Crippen LogP contribution is -2.26. The maximum absolute atomic E-state index is 12.7. The highest BCUT2D eigenvalue weighted by Gasteiger charge is 2.11. The zero-order chi connectivity index (χ0) is 30.5. The summed E-state index contributed by atoms with van der Waals surface area (Å²) in [6.07, 6.45) is 27.7. The Hall–Kier alpha value is -2.05. The van der Waals surface area contributed by atoms with E-state index < -0.39 is 6.10 Å². The largest absolute Gasteiger partial charge is 0.490 e. The molecule has 242 valence electrons. The molecule has 1 unspecified atom stereocenters. The third-order valence-electron chi connectivity index (χ3n) is 7.66. The van der Waals surface area contributed by atoms with Gasteiger partial charge in [0.05, 0.1) is 25.9 Å². The number of carbonyl (C=O) groups excluding carboxylic acids is 1. The van der Waals surface area contributed by atoms with Crippen molar-refractivity contribution in [3.05, 3.63) is 36.0 Å². The zero-order valence-corrected chi connectivity index (χ0v) is 27.1. The maximum atomic E-state index is 12.7. The van der Waals surface area contributed by atoms with Crippen LogP contribution >= 0.6 is 0 Å². The van der Waals surface area contributed by atoms with Crippen molar-refractivity contribution in [2.24, 2.45) is 0 Å². The van der Waals surface area contributed by atoms with Crippen LogP contribution in [0.25, 0.3) is 0 Å². The minimum Gasteiger partial charge on any atom is -0.490 e. The standard InChI is InChI=1S/C36H63NO5/c1-3-5-7-9-11-13-15-17-19-21-27-41-35-24-23-32(34(40)25-26-37-30-33(39)31-38)29-36(35)42-28-22-20-18-16-14-12-10-8-6-4-2/h23-26,29,33,37-39H,3-22,27-28,30-31H2,1-2H3/b26-25+. The molecule has 1 atom stereocenters. The molecule has 6 nitrogen and oxygen atoms in total. The summed E-state index contributed by atoms with van der Waals surface area (Å²) in [6.45, 7) is 5.63. The van der Waals surface area contributed by atoms with E-state index in [0.29, 0.717) is 30.3 Å². The molecule has 0 aliphatic carbocycles. The lowest BCUT2D eigenvalue weighted by molar-refractivity contribution is 0.0969. The van der Waals surface area contributed by atoms with Crippen molar-refractivity contribution in [1.29, 1.82) is 0 Å². The highest BCUT2D eigenvalue weighted by molar-refractivity contribution is 6.04. The van der Waals surface area contributed by atoms with E-state index in [-0.39, 0.29) is 18.9 Å². The van der Waals surface area contributed by atoms with E-state index >= 15 is 0 Å². The Balaban J connectivity index is 2.49. The van der Waals surface area contributed by atoms with Crippen molar-refractivity contribution in [1.82, 2.24) is 5.32 Å². The van der Waals surface area contributed by atoms with Crippen LogP contribution in [-0.2, 0) is 0 Å². The second-order valence-electron chi connectivity index (χ2n) is 11.7.